The first-order valence-corrected chi connectivity index (χ1v) is 10.2. The van der Waals surface area contributed by atoms with Crippen molar-refractivity contribution < 1.29 is 14.3 Å². The second kappa shape index (κ2) is 9.75. The number of hydrogen-bond donors (Lipinski definition) is 1. The van der Waals surface area contributed by atoms with Crippen molar-refractivity contribution in [1.82, 2.24) is 5.32 Å². The lowest BCUT2D eigenvalue weighted by Gasteiger charge is -2.25. The van der Waals surface area contributed by atoms with Crippen molar-refractivity contribution >= 4 is 16.7 Å². The van der Waals surface area contributed by atoms with Crippen molar-refractivity contribution in [3.8, 4) is 5.75 Å². The summed E-state index contributed by atoms with van der Waals surface area (Å²) in [6, 6.07) is 14.5. The zero-order chi connectivity index (χ0) is 19.1. The number of esters is 1. The van der Waals surface area contributed by atoms with Crippen LogP contribution in [0.3, 0.4) is 0 Å². The summed E-state index contributed by atoms with van der Waals surface area (Å²) in [4.78, 5) is 12.6. The van der Waals surface area contributed by atoms with Gasteiger partial charge in [-0.05, 0) is 24.3 Å². The van der Waals surface area contributed by atoms with Crippen LogP contribution in [-0.2, 0) is 9.53 Å². The molecule has 1 aliphatic carbocycles. The molecule has 0 radical (unpaired) electrons. The molecule has 146 valence electrons. The third-order valence-electron chi connectivity index (χ3n) is 5.15. The molecule has 0 unspecified atom stereocenters. The molecule has 1 N–H and O–H groups in total. The standard InChI is InChI=1S/C23H31NO3/c1-17(2)24-15-20(27-23(25)19-10-4-3-5-11-19)16-26-22-14-8-12-18-9-6-7-13-21(18)22/h6-9,12-14,17,19-20,24H,3-5,10-11,15-16H2,1-2H3/t20-/m1/s1. The molecule has 27 heavy (non-hydrogen) atoms. The van der Waals surface area contributed by atoms with Crippen LogP contribution >= 0.6 is 0 Å². The van der Waals surface area contributed by atoms with Crippen LogP contribution in [0, 0.1) is 5.92 Å². The molecule has 1 fully saturated rings. The number of rotatable bonds is 8. The van der Waals surface area contributed by atoms with E-state index in [-0.39, 0.29) is 18.0 Å². The van der Waals surface area contributed by atoms with E-state index in [9.17, 15) is 4.79 Å². The molecule has 0 amide bonds. The van der Waals surface area contributed by atoms with Crippen molar-refractivity contribution in [3.05, 3.63) is 42.5 Å². The molecule has 1 atom stereocenters. The van der Waals surface area contributed by atoms with Gasteiger partial charge in [0.25, 0.3) is 0 Å². The minimum Gasteiger partial charge on any atom is -0.489 e. The van der Waals surface area contributed by atoms with Crippen LogP contribution in [0.4, 0.5) is 0 Å². The highest BCUT2D eigenvalue weighted by Gasteiger charge is 2.25. The van der Waals surface area contributed by atoms with Gasteiger partial charge in [-0.2, -0.15) is 0 Å². The Balaban J connectivity index is 1.64. The highest BCUT2D eigenvalue weighted by Crippen LogP contribution is 2.27. The van der Waals surface area contributed by atoms with Crippen molar-refractivity contribution in [1.29, 1.82) is 0 Å². The summed E-state index contributed by atoms with van der Waals surface area (Å²) in [6.07, 6.45) is 5.09. The molecule has 3 rings (SSSR count). The molecule has 4 nitrogen and oxygen atoms in total. The van der Waals surface area contributed by atoms with Gasteiger partial charge in [0, 0.05) is 18.0 Å². The zero-order valence-corrected chi connectivity index (χ0v) is 16.4. The predicted octanol–water partition coefficient (Wildman–Crippen LogP) is 4.71. The van der Waals surface area contributed by atoms with Gasteiger partial charge in [-0.25, -0.2) is 0 Å². The summed E-state index contributed by atoms with van der Waals surface area (Å²) in [5.74, 6) is 0.820. The fraction of sp³-hybridized carbons (Fsp3) is 0.522. The van der Waals surface area contributed by atoms with Crippen LogP contribution in [-0.4, -0.2) is 31.3 Å². The number of hydrogen-bond acceptors (Lipinski definition) is 4. The van der Waals surface area contributed by atoms with Gasteiger partial charge >= 0.3 is 5.97 Å². The summed E-state index contributed by atoms with van der Waals surface area (Å²) in [5, 5.41) is 5.59. The third-order valence-corrected chi connectivity index (χ3v) is 5.15. The average Bonchev–Trinajstić information content (AvgIpc) is 2.70. The number of benzene rings is 2. The van der Waals surface area contributed by atoms with E-state index in [2.05, 4.69) is 37.4 Å². The third kappa shape index (κ3) is 5.70. The molecule has 0 bridgehead atoms. The van der Waals surface area contributed by atoms with Crippen LogP contribution in [0.25, 0.3) is 10.8 Å². The predicted molar refractivity (Wildman–Crippen MR) is 109 cm³/mol. The summed E-state index contributed by atoms with van der Waals surface area (Å²) >= 11 is 0. The Morgan fingerprint density at radius 2 is 1.81 bits per heavy atom. The lowest BCUT2D eigenvalue weighted by atomic mass is 9.89. The second-order valence-electron chi connectivity index (χ2n) is 7.75. The SMILES string of the molecule is CC(C)NC[C@H](COc1cccc2ccccc12)OC(=O)C1CCCCC1. The summed E-state index contributed by atoms with van der Waals surface area (Å²) in [5.41, 5.74) is 0. The maximum Gasteiger partial charge on any atom is 0.309 e. The molecular formula is C23H31NO3. The van der Waals surface area contributed by atoms with Gasteiger partial charge in [0.05, 0.1) is 5.92 Å². The van der Waals surface area contributed by atoms with Gasteiger partial charge in [0.2, 0.25) is 0 Å². The highest BCUT2D eigenvalue weighted by atomic mass is 16.6. The van der Waals surface area contributed by atoms with E-state index < -0.39 is 0 Å². The number of fused-ring (bicyclic) bond motifs is 1. The molecule has 0 aliphatic heterocycles. The first kappa shape index (κ1) is 19.7. The van der Waals surface area contributed by atoms with E-state index in [0.29, 0.717) is 19.2 Å². The van der Waals surface area contributed by atoms with Crippen molar-refractivity contribution in [2.45, 2.75) is 58.1 Å². The molecule has 1 saturated carbocycles. The molecule has 2 aromatic carbocycles. The minimum absolute atomic E-state index is 0.0536. The van der Waals surface area contributed by atoms with E-state index in [1.54, 1.807) is 0 Å². The topological polar surface area (TPSA) is 47.6 Å². The van der Waals surface area contributed by atoms with E-state index in [4.69, 9.17) is 9.47 Å². The largest absolute Gasteiger partial charge is 0.489 e. The number of carbonyl (C=O) groups excluding carboxylic acids is 1. The molecule has 2 aromatic rings. The van der Waals surface area contributed by atoms with E-state index >= 15 is 0 Å². The first-order chi connectivity index (χ1) is 13.1. The van der Waals surface area contributed by atoms with Gasteiger partial charge < -0.3 is 14.8 Å². The normalized spacial score (nSPS) is 16.4. The highest BCUT2D eigenvalue weighted by molar-refractivity contribution is 5.88. The van der Waals surface area contributed by atoms with E-state index in [1.165, 1.54) is 6.42 Å². The molecule has 0 spiro atoms. The summed E-state index contributed by atoms with van der Waals surface area (Å²) in [6.45, 7) is 5.13. The molecule has 0 heterocycles. The Morgan fingerprint density at radius 1 is 1.07 bits per heavy atom. The van der Waals surface area contributed by atoms with Crippen LogP contribution in [0.1, 0.15) is 46.0 Å². The summed E-state index contributed by atoms with van der Waals surface area (Å²) in [7, 11) is 0. The Labute approximate surface area is 162 Å². The van der Waals surface area contributed by atoms with Gasteiger partial charge in [0.1, 0.15) is 18.5 Å². The molecule has 4 heteroatoms. The number of nitrogens with one attached hydrogen (secondary N) is 1. The number of carbonyl (C=O) groups is 1. The Hall–Kier alpha value is -2.07. The van der Waals surface area contributed by atoms with E-state index in [1.807, 2.05) is 24.3 Å². The van der Waals surface area contributed by atoms with Crippen LogP contribution in [0.15, 0.2) is 42.5 Å². The lowest BCUT2D eigenvalue weighted by Crippen LogP contribution is -2.39. The van der Waals surface area contributed by atoms with Crippen molar-refractivity contribution in [3.63, 3.8) is 0 Å². The Bertz CT molecular complexity index is 732. The van der Waals surface area contributed by atoms with Crippen LogP contribution in [0.5, 0.6) is 5.75 Å². The Kier molecular flexibility index (Phi) is 7.11. The lowest BCUT2D eigenvalue weighted by molar-refractivity contribution is -0.156. The first-order valence-electron chi connectivity index (χ1n) is 10.2. The minimum atomic E-state index is -0.291. The van der Waals surface area contributed by atoms with E-state index in [0.717, 1.165) is 42.2 Å². The molecular weight excluding hydrogens is 338 g/mol. The maximum absolute atomic E-state index is 12.6. The quantitative estimate of drug-likeness (QED) is 0.685. The fourth-order valence-electron chi connectivity index (χ4n) is 3.60. The van der Waals surface area contributed by atoms with Crippen LogP contribution in [0.2, 0.25) is 0 Å². The zero-order valence-electron chi connectivity index (χ0n) is 16.4. The molecule has 0 aromatic heterocycles. The van der Waals surface area contributed by atoms with Crippen molar-refractivity contribution in [2.75, 3.05) is 13.2 Å². The van der Waals surface area contributed by atoms with Gasteiger partial charge in [0.15, 0.2) is 0 Å². The van der Waals surface area contributed by atoms with Gasteiger partial charge in [-0.3, -0.25) is 4.79 Å². The fourth-order valence-corrected chi connectivity index (χ4v) is 3.60. The number of ether oxygens (including phenoxy) is 2. The summed E-state index contributed by atoms with van der Waals surface area (Å²) < 4.78 is 11.9. The van der Waals surface area contributed by atoms with Gasteiger partial charge in [-0.1, -0.05) is 69.5 Å². The van der Waals surface area contributed by atoms with Crippen molar-refractivity contribution in [2.24, 2.45) is 5.92 Å². The van der Waals surface area contributed by atoms with Crippen LogP contribution < -0.4 is 10.1 Å². The second-order valence-corrected chi connectivity index (χ2v) is 7.75. The average molecular weight is 370 g/mol. The Morgan fingerprint density at radius 3 is 2.59 bits per heavy atom. The molecule has 0 saturated heterocycles. The monoisotopic (exact) mass is 369 g/mol. The molecule has 1 aliphatic rings. The van der Waals surface area contributed by atoms with Gasteiger partial charge in [-0.15, -0.1) is 0 Å². The smallest absolute Gasteiger partial charge is 0.309 e. The maximum atomic E-state index is 12.6.